The summed E-state index contributed by atoms with van der Waals surface area (Å²) in [5, 5.41) is 23.2. The number of aromatic nitrogens is 1. The molecule has 0 aliphatic carbocycles. The maximum Gasteiger partial charge on any atom is 0.525 e. The minimum absolute atomic E-state index is 0.0457. The number of ether oxygens (including phenoxy) is 2. The molecule has 0 bridgehead atoms. The number of nitrogens with zero attached hydrogens (tertiary/aromatic N) is 4. The topological polar surface area (TPSA) is 167 Å². The van der Waals surface area contributed by atoms with Crippen LogP contribution in [0.5, 0.6) is 5.75 Å². The Kier molecular flexibility index (Phi) is 6.86. The highest BCUT2D eigenvalue weighted by Gasteiger charge is 2.51. The summed E-state index contributed by atoms with van der Waals surface area (Å²) in [7, 11) is 0. The monoisotopic (exact) mass is 564 g/mol. The van der Waals surface area contributed by atoms with E-state index in [1.807, 2.05) is 0 Å². The lowest BCUT2D eigenvalue weighted by Crippen LogP contribution is -2.41. The van der Waals surface area contributed by atoms with Crippen molar-refractivity contribution in [1.82, 2.24) is 10.3 Å². The Bertz CT molecular complexity index is 1270. The molecule has 2 heterocycles. The number of nitrogens with two attached hydrogens (primary N) is 2. The van der Waals surface area contributed by atoms with Crippen LogP contribution in [0.2, 0.25) is 0 Å². The quantitative estimate of drug-likeness (QED) is 0.241. The Morgan fingerprint density at radius 1 is 1.20 bits per heavy atom. The van der Waals surface area contributed by atoms with E-state index in [9.17, 15) is 31.6 Å². The average Bonchev–Trinajstić information content (AvgIpc) is 2.73. The van der Waals surface area contributed by atoms with Gasteiger partial charge < -0.3 is 21.5 Å². The Morgan fingerprint density at radius 2 is 1.89 bits per heavy atom. The average molecular weight is 565 g/mol. The number of benzene rings is 1. The van der Waals surface area contributed by atoms with Crippen LogP contribution in [0.25, 0.3) is 0 Å². The Balaban J connectivity index is 2.01. The molecule has 2 aromatic rings. The van der Waals surface area contributed by atoms with E-state index >= 15 is 0 Å². The van der Waals surface area contributed by atoms with E-state index in [0.717, 1.165) is 6.07 Å². The van der Waals surface area contributed by atoms with Crippen LogP contribution < -0.4 is 26.8 Å². The fourth-order valence-electron chi connectivity index (χ4n) is 2.97. The van der Waals surface area contributed by atoms with E-state index in [0.29, 0.717) is 0 Å². The van der Waals surface area contributed by atoms with E-state index < -0.39 is 30.6 Å². The molecule has 0 spiro atoms. The van der Waals surface area contributed by atoms with Crippen molar-refractivity contribution in [1.29, 1.82) is 10.5 Å². The lowest BCUT2D eigenvalue weighted by Gasteiger charge is -2.27. The summed E-state index contributed by atoms with van der Waals surface area (Å²) >= 11 is 2.93. The Morgan fingerprint density at radius 3 is 2.46 bits per heavy atom. The molecule has 1 aliphatic heterocycles. The summed E-state index contributed by atoms with van der Waals surface area (Å²) in [6.07, 6.45) is -13.2. The molecule has 1 aromatic carbocycles. The molecular formula is C18H11BrF6N8O2. The van der Waals surface area contributed by atoms with Gasteiger partial charge in [0, 0.05) is 5.56 Å². The molecule has 0 radical (unpaired) electrons. The maximum absolute atomic E-state index is 13.8. The lowest BCUT2D eigenvalue weighted by molar-refractivity contribution is -0.411. The standard InChI is InChI=1S/C18H11BrF6N8O2/c19-8-3-6(1-2-9(8)34-17(21,22)15(20)35-18(23,24)25)12-10-11(28)7(4-26)13(29)32-14(10)33-16(31-12)30-5-27/h1-3,12,15H,(H6,28,29,30,31,32,33). The molecule has 0 fully saturated rings. The van der Waals surface area contributed by atoms with Crippen LogP contribution in [0.15, 0.2) is 27.7 Å². The predicted molar refractivity (Wildman–Crippen MR) is 111 cm³/mol. The van der Waals surface area contributed by atoms with Crippen LogP contribution in [-0.2, 0) is 4.74 Å². The third-order valence-electron chi connectivity index (χ3n) is 4.38. The number of nitrogen functional groups attached to an aromatic ring is 2. The summed E-state index contributed by atoms with van der Waals surface area (Å²) in [6.45, 7) is 0. The largest absolute Gasteiger partial charge is 0.525 e. The molecule has 6 N–H and O–H groups in total. The molecule has 3 rings (SSSR count). The van der Waals surface area contributed by atoms with Gasteiger partial charge in [-0.15, -0.1) is 13.2 Å². The van der Waals surface area contributed by atoms with Crippen LogP contribution in [0, 0.1) is 22.8 Å². The number of hydrogen-bond donors (Lipinski definition) is 4. The van der Waals surface area contributed by atoms with Gasteiger partial charge in [-0.05, 0) is 33.6 Å². The van der Waals surface area contributed by atoms with Crippen molar-refractivity contribution in [3.63, 3.8) is 0 Å². The van der Waals surface area contributed by atoms with Crippen molar-refractivity contribution in [3.05, 3.63) is 39.4 Å². The van der Waals surface area contributed by atoms with Crippen LogP contribution in [0.1, 0.15) is 22.7 Å². The third kappa shape index (κ3) is 5.42. The first kappa shape index (κ1) is 25.7. The van der Waals surface area contributed by atoms with E-state index in [4.69, 9.17) is 16.7 Å². The second kappa shape index (κ2) is 9.35. The first-order valence-corrected chi connectivity index (χ1v) is 9.80. The number of alkyl halides is 6. The number of nitrogens with one attached hydrogen (secondary N) is 2. The van der Waals surface area contributed by atoms with Gasteiger partial charge in [-0.25, -0.2) is 19.1 Å². The molecule has 1 aliphatic rings. The third-order valence-corrected chi connectivity index (χ3v) is 5.00. The van der Waals surface area contributed by atoms with Gasteiger partial charge in [0.05, 0.1) is 10.2 Å². The number of aliphatic imine (C=N–C) groups is 1. The van der Waals surface area contributed by atoms with Crippen molar-refractivity contribution in [3.8, 4) is 18.0 Å². The number of rotatable bonds is 5. The molecule has 0 saturated carbocycles. The van der Waals surface area contributed by atoms with Gasteiger partial charge in [0.1, 0.15) is 35.1 Å². The van der Waals surface area contributed by atoms with Crippen molar-refractivity contribution in [2.45, 2.75) is 24.9 Å². The van der Waals surface area contributed by atoms with Gasteiger partial charge in [-0.2, -0.15) is 19.3 Å². The predicted octanol–water partition coefficient (Wildman–Crippen LogP) is 3.63. The van der Waals surface area contributed by atoms with Crippen molar-refractivity contribution in [2.75, 3.05) is 16.8 Å². The van der Waals surface area contributed by atoms with Gasteiger partial charge in [-0.3, -0.25) is 5.32 Å². The second-order valence-corrected chi connectivity index (χ2v) is 7.49. The van der Waals surface area contributed by atoms with Crippen molar-refractivity contribution >= 4 is 39.2 Å². The SMILES string of the molecule is N#CNC1=NC(c2ccc(OC(F)(F)C(F)OC(F)(F)F)c(Br)c2)c2c(nc(N)c(C#N)c2N)N1. The van der Waals surface area contributed by atoms with Crippen LogP contribution in [0.4, 0.5) is 43.7 Å². The minimum atomic E-state index is -5.66. The number of halogens is 7. The summed E-state index contributed by atoms with van der Waals surface area (Å²) < 4.78 is 83.7. The van der Waals surface area contributed by atoms with Crippen molar-refractivity contribution in [2.24, 2.45) is 4.99 Å². The fourth-order valence-corrected chi connectivity index (χ4v) is 3.45. The first-order chi connectivity index (χ1) is 16.3. The molecule has 10 nitrogen and oxygen atoms in total. The zero-order valence-corrected chi connectivity index (χ0v) is 18.4. The van der Waals surface area contributed by atoms with Gasteiger partial charge in [-0.1, -0.05) is 6.07 Å². The molecule has 17 heteroatoms. The van der Waals surface area contributed by atoms with Crippen molar-refractivity contribution < 1.29 is 35.8 Å². The van der Waals surface area contributed by atoms with E-state index in [-0.39, 0.29) is 44.4 Å². The van der Waals surface area contributed by atoms with Crippen LogP contribution >= 0.6 is 15.9 Å². The van der Waals surface area contributed by atoms with Crippen LogP contribution in [-0.4, -0.2) is 29.8 Å². The Hall–Kier alpha value is -3.96. The zero-order valence-electron chi connectivity index (χ0n) is 16.8. The molecule has 1 aromatic heterocycles. The molecule has 184 valence electrons. The number of fused-ring (bicyclic) bond motifs is 1. The highest BCUT2D eigenvalue weighted by Crippen LogP contribution is 2.43. The van der Waals surface area contributed by atoms with E-state index in [1.165, 1.54) is 12.1 Å². The molecule has 2 unspecified atom stereocenters. The zero-order chi connectivity index (χ0) is 26.1. The van der Waals surface area contributed by atoms with E-state index in [1.54, 1.807) is 12.3 Å². The summed E-state index contributed by atoms with van der Waals surface area (Å²) in [6, 6.07) is 3.98. The Labute approximate surface area is 200 Å². The minimum Gasteiger partial charge on any atom is -0.427 e. The maximum atomic E-state index is 13.8. The summed E-state index contributed by atoms with van der Waals surface area (Å²) in [5.74, 6) is -0.984. The van der Waals surface area contributed by atoms with Crippen LogP contribution in [0.3, 0.4) is 0 Å². The normalized spacial score (nSPS) is 16.1. The van der Waals surface area contributed by atoms with Gasteiger partial charge >= 0.3 is 18.8 Å². The fraction of sp³-hybridized carbons (Fsp3) is 0.222. The van der Waals surface area contributed by atoms with Gasteiger partial charge in [0.25, 0.3) is 0 Å². The lowest BCUT2D eigenvalue weighted by atomic mass is 9.95. The summed E-state index contributed by atoms with van der Waals surface area (Å²) in [4.78, 5) is 8.29. The smallest absolute Gasteiger partial charge is 0.427 e. The van der Waals surface area contributed by atoms with Gasteiger partial charge in [0.2, 0.25) is 5.96 Å². The number of guanidine groups is 1. The molecule has 0 saturated heterocycles. The molecule has 0 amide bonds. The number of anilines is 3. The van der Waals surface area contributed by atoms with E-state index in [2.05, 4.69) is 46.0 Å². The number of hydrogen-bond acceptors (Lipinski definition) is 10. The highest BCUT2D eigenvalue weighted by molar-refractivity contribution is 9.10. The second-order valence-electron chi connectivity index (χ2n) is 6.64. The van der Waals surface area contributed by atoms with Gasteiger partial charge in [0.15, 0.2) is 6.19 Å². The summed E-state index contributed by atoms with van der Waals surface area (Å²) in [5.41, 5.74) is 11.9. The molecular weight excluding hydrogens is 554 g/mol. The first-order valence-electron chi connectivity index (χ1n) is 9.01. The number of nitriles is 2. The molecule has 2 atom stereocenters. The molecule has 35 heavy (non-hydrogen) atoms. The highest BCUT2D eigenvalue weighted by atomic mass is 79.9. The number of pyridine rings is 1.